The standard InChI is InChI=1S/C14H17N3O2S/c1-2-20(18,19)11-5-10-17-13-7-4-3-6-12(13)16-14(17)8-9-15/h3-4,6-7H,2,5,8,10-11H2,1H3. The van der Waals surface area contributed by atoms with Crippen molar-refractivity contribution in [3.8, 4) is 6.07 Å². The molecule has 0 amide bonds. The van der Waals surface area contributed by atoms with Gasteiger partial charge in [0.25, 0.3) is 0 Å². The van der Waals surface area contributed by atoms with Crippen molar-refractivity contribution < 1.29 is 8.42 Å². The van der Waals surface area contributed by atoms with E-state index in [0.717, 1.165) is 11.0 Å². The fourth-order valence-electron chi connectivity index (χ4n) is 2.17. The Morgan fingerprint density at radius 3 is 2.80 bits per heavy atom. The van der Waals surface area contributed by atoms with Gasteiger partial charge in [-0.1, -0.05) is 19.1 Å². The molecule has 0 aliphatic carbocycles. The van der Waals surface area contributed by atoms with E-state index in [0.29, 0.717) is 18.8 Å². The van der Waals surface area contributed by atoms with E-state index in [1.54, 1.807) is 6.92 Å². The van der Waals surface area contributed by atoms with Crippen LogP contribution in [0.5, 0.6) is 0 Å². The number of imidazole rings is 1. The second kappa shape index (κ2) is 6.06. The number of aromatic nitrogens is 2. The van der Waals surface area contributed by atoms with Crippen molar-refractivity contribution in [1.82, 2.24) is 9.55 Å². The van der Waals surface area contributed by atoms with Crippen molar-refractivity contribution >= 4 is 20.9 Å². The van der Waals surface area contributed by atoms with Crippen molar-refractivity contribution in [2.75, 3.05) is 11.5 Å². The number of hydrogen-bond donors (Lipinski definition) is 0. The van der Waals surface area contributed by atoms with Gasteiger partial charge < -0.3 is 4.57 Å². The minimum atomic E-state index is -2.95. The smallest absolute Gasteiger partial charge is 0.150 e. The topological polar surface area (TPSA) is 75.8 Å². The lowest BCUT2D eigenvalue weighted by atomic mass is 10.3. The number of aryl methyl sites for hydroxylation is 1. The highest BCUT2D eigenvalue weighted by Crippen LogP contribution is 2.17. The molecule has 106 valence electrons. The van der Waals surface area contributed by atoms with Crippen LogP contribution in [0.3, 0.4) is 0 Å². The van der Waals surface area contributed by atoms with Gasteiger partial charge in [0, 0.05) is 12.3 Å². The Bertz CT molecular complexity index is 741. The quantitative estimate of drug-likeness (QED) is 0.815. The molecular weight excluding hydrogens is 274 g/mol. The van der Waals surface area contributed by atoms with E-state index in [4.69, 9.17) is 5.26 Å². The number of nitrogens with zero attached hydrogens (tertiary/aromatic N) is 3. The fourth-order valence-corrected chi connectivity index (χ4v) is 3.03. The van der Waals surface area contributed by atoms with Crippen LogP contribution in [0, 0.1) is 11.3 Å². The number of rotatable bonds is 6. The Hall–Kier alpha value is -1.87. The lowest BCUT2D eigenvalue weighted by Gasteiger charge is -2.07. The first-order chi connectivity index (χ1) is 9.57. The molecule has 5 nitrogen and oxygen atoms in total. The summed E-state index contributed by atoms with van der Waals surface area (Å²) in [6.45, 7) is 2.22. The van der Waals surface area contributed by atoms with Crippen LogP contribution in [0.1, 0.15) is 19.2 Å². The minimum Gasteiger partial charge on any atom is -0.327 e. The highest BCUT2D eigenvalue weighted by molar-refractivity contribution is 7.91. The molecule has 0 bridgehead atoms. The minimum absolute atomic E-state index is 0.169. The molecule has 0 saturated heterocycles. The van der Waals surface area contributed by atoms with Gasteiger partial charge in [0.05, 0.1) is 29.3 Å². The van der Waals surface area contributed by atoms with Gasteiger partial charge in [-0.2, -0.15) is 5.26 Å². The van der Waals surface area contributed by atoms with Crippen LogP contribution in [0.15, 0.2) is 24.3 Å². The summed E-state index contributed by atoms with van der Waals surface area (Å²) in [5.74, 6) is 1.03. The van der Waals surface area contributed by atoms with Crippen molar-refractivity contribution in [1.29, 1.82) is 5.26 Å². The van der Waals surface area contributed by atoms with Crippen LogP contribution in [0.2, 0.25) is 0 Å². The van der Waals surface area contributed by atoms with Crippen molar-refractivity contribution in [2.24, 2.45) is 0 Å². The summed E-state index contributed by atoms with van der Waals surface area (Å²) in [6.07, 6.45) is 0.768. The second-order valence-corrected chi connectivity index (χ2v) is 7.07. The first-order valence-electron chi connectivity index (χ1n) is 6.59. The predicted octanol–water partition coefficient (Wildman–Crippen LogP) is 1.93. The molecule has 1 aromatic heterocycles. The van der Waals surface area contributed by atoms with Crippen LogP contribution in [-0.2, 0) is 22.8 Å². The number of hydrogen-bond acceptors (Lipinski definition) is 4. The third-order valence-electron chi connectivity index (χ3n) is 3.25. The number of benzene rings is 1. The molecule has 2 rings (SSSR count). The van der Waals surface area contributed by atoms with E-state index >= 15 is 0 Å². The SMILES string of the molecule is CCS(=O)(=O)CCCn1c(CC#N)nc2ccccc21. The lowest BCUT2D eigenvalue weighted by molar-refractivity contribution is 0.587. The predicted molar refractivity (Wildman–Crippen MR) is 78.0 cm³/mol. The summed E-state index contributed by atoms with van der Waals surface area (Å²) in [5.41, 5.74) is 1.79. The van der Waals surface area contributed by atoms with Crippen LogP contribution < -0.4 is 0 Å². The van der Waals surface area contributed by atoms with E-state index in [-0.39, 0.29) is 17.9 Å². The van der Waals surface area contributed by atoms with Gasteiger partial charge in [0.15, 0.2) is 0 Å². The first-order valence-corrected chi connectivity index (χ1v) is 8.41. The molecule has 0 radical (unpaired) electrons. The Morgan fingerprint density at radius 2 is 2.10 bits per heavy atom. The number of nitriles is 1. The summed E-state index contributed by atoms with van der Waals surface area (Å²) in [4.78, 5) is 4.43. The molecule has 0 aliphatic heterocycles. The van der Waals surface area contributed by atoms with E-state index in [1.165, 1.54) is 0 Å². The van der Waals surface area contributed by atoms with Gasteiger partial charge >= 0.3 is 0 Å². The third kappa shape index (κ3) is 3.17. The maximum atomic E-state index is 11.5. The number of para-hydroxylation sites is 2. The Kier molecular flexibility index (Phi) is 4.40. The van der Waals surface area contributed by atoms with Crippen molar-refractivity contribution in [3.05, 3.63) is 30.1 Å². The average molecular weight is 291 g/mol. The summed E-state index contributed by atoms with van der Waals surface area (Å²) < 4.78 is 25.0. The second-order valence-electron chi connectivity index (χ2n) is 4.59. The van der Waals surface area contributed by atoms with E-state index in [2.05, 4.69) is 11.1 Å². The molecule has 0 aliphatic rings. The molecule has 1 aromatic carbocycles. The van der Waals surface area contributed by atoms with E-state index in [9.17, 15) is 8.42 Å². The monoisotopic (exact) mass is 291 g/mol. The molecule has 0 unspecified atom stereocenters. The molecule has 0 saturated carbocycles. The van der Waals surface area contributed by atoms with Gasteiger partial charge in [-0.3, -0.25) is 0 Å². The Morgan fingerprint density at radius 1 is 1.35 bits per heavy atom. The molecule has 0 fully saturated rings. The largest absolute Gasteiger partial charge is 0.327 e. The third-order valence-corrected chi connectivity index (χ3v) is 5.04. The van der Waals surface area contributed by atoms with Gasteiger partial charge in [-0.05, 0) is 18.6 Å². The molecule has 6 heteroatoms. The zero-order valence-corrected chi connectivity index (χ0v) is 12.2. The van der Waals surface area contributed by atoms with Gasteiger partial charge in [-0.15, -0.1) is 0 Å². The van der Waals surface area contributed by atoms with Crippen LogP contribution in [-0.4, -0.2) is 29.5 Å². The van der Waals surface area contributed by atoms with Crippen LogP contribution in [0.25, 0.3) is 11.0 Å². The summed E-state index contributed by atoms with van der Waals surface area (Å²) in [6, 6.07) is 9.76. The van der Waals surface area contributed by atoms with Gasteiger partial charge in [-0.25, -0.2) is 13.4 Å². The van der Waals surface area contributed by atoms with Crippen LogP contribution >= 0.6 is 0 Å². The molecular formula is C14H17N3O2S. The van der Waals surface area contributed by atoms with Gasteiger partial charge in [0.1, 0.15) is 15.7 Å². The molecule has 0 spiro atoms. The molecule has 20 heavy (non-hydrogen) atoms. The summed E-state index contributed by atoms with van der Waals surface area (Å²) in [7, 11) is -2.95. The Labute approximate surface area is 118 Å². The van der Waals surface area contributed by atoms with E-state index < -0.39 is 9.84 Å². The highest BCUT2D eigenvalue weighted by Gasteiger charge is 2.12. The summed E-state index contributed by atoms with van der Waals surface area (Å²) >= 11 is 0. The van der Waals surface area contributed by atoms with Crippen molar-refractivity contribution in [3.63, 3.8) is 0 Å². The zero-order valence-electron chi connectivity index (χ0n) is 11.4. The molecule has 2 aromatic rings. The maximum Gasteiger partial charge on any atom is 0.150 e. The molecule has 1 heterocycles. The van der Waals surface area contributed by atoms with Gasteiger partial charge in [0.2, 0.25) is 0 Å². The van der Waals surface area contributed by atoms with Crippen LogP contribution in [0.4, 0.5) is 0 Å². The number of fused-ring (bicyclic) bond motifs is 1. The first kappa shape index (κ1) is 14.5. The summed E-state index contributed by atoms with van der Waals surface area (Å²) in [5, 5.41) is 8.86. The number of sulfone groups is 1. The lowest BCUT2D eigenvalue weighted by Crippen LogP contribution is -2.12. The maximum absolute atomic E-state index is 11.5. The normalized spacial score (nSPS) is 11.6. The Balaban J connectivity index is 2.24. The average Bonchev–Trinajstić information content (AvgIpc) is 2.77. The van der Waals surface area contributed by atoms with E-state index in [1.807, 2.05) is 28.8 Å². The zero-order chi connectivity index (χ0) is 14.6. The highest BCUT2D eigenvalue weighted by atomic mass is 32.2. The molecule has 0 N–H and O–H groups in total. The fraction of sp³-hybridized carbons (Fsp3) is 0.429. The van der Waals surface area contributed by atoms with Crippen molar-refractivity contribution in [2.45, 2.75) is 26.3 Å². The molecule has 0 atom stereocenters.